The Hall–Kier alpha value is -3.82. The molecule has 1 amide bonds. The summed E-state index contributed by atoms with van der Waals surface area (Å²) in [5, 5.41) is 3.89. The number of rotatable bonds is 6. The van der Waals surface area contributed by atoms with E-state index < -0.39 is 11.8 Å². The number of aromatic amines is 1. The van der Waals surface area contributed by atoms with Crippen LogP contribution in [0, 0.1) is 5.82 Å². The van der Waals surface area contributed by atoms with Crippen LogP contribution < -0.4 is 5.32 Å². The van der Waals surface area contributed by atoms with Gasteiger partial charge in [-0.05, 0) is 12.1 Å². The molecule has 9 nitrogen and oxygen atoms in total. The number of nitrogens with zero attached hydrogens (tertiary/aromatic N) is 4. The Kier molecular flexibility index (Phi) is 4.90. The first-order valence-electron chi connectivity index (χ1n) is 8.83. The Morgan fingerprint density at radius 1 is 1.28 bits per heavy atom. The number of esters is 1. The molecule has 0 saturated carbocycles. The average Bonchev–Trinajstić information content (AvgIpc) is 3.34. The van der Waals surface area contributed by atoms with Gasteiger partial charge in [-0.3, -0.25) is 9.59 Å². The van der Waals surface area contributed by atoms with E-state index in [1.54, 1.807) is 6.20 Å². The van der Waals surface area contributed by atoms with Crippen LogP contribution in [-0.2, 0) is 20.9 Å². The Morgan fingerprint density at radius 3 is 2.97 bits per heavy atom. The molecule has 0 aliphatic rings. The molecule has 0 aromatic carbocycles. The highest BCUT2D eigenvalue weighted by Gasteiger charge is 2.15. The van der Waals surface area contributed by atoms with Gasteiger partial charge in [0.25, 0.3) is 0 Å². The first kappa shape index (κ1) is 18.5. The van der Waals surface area contributed by atoms with Gasteiger partial charge in [0.2, 0.25) is 5.91 Å². The van der Waals surface area contributed by atoms with Gasteiger partial charge in [0, 0.05) is 41.7 Å². The maximum atomic E-state index is 13.7. The van der Waals surface area contributed by atoms with Crippen LogP contribution in [0.5, 0.6) is 0 Å². The number of halogens is 1. The monoisotopic (exact) mass is 396 g/mol. The van der Waals surface area contributed by atoms with Gasteiger partial charge in [0.1, 0.15) is 30.0 Å². The largest absolute Gasteiger partial charge is 0.468 e. The lowest BCUT2D eigenvalue weighted by Gasteiger charge is -2.07. The van der Waals surface area contributed by atoms with E-state index in [1.807, 2.05) is 16.8 Å². The molecular formula is C19H17FN6O3. The summed E-state index contributed by atoms with van der Waals surface area (Å²) in [6.07, 6.45) is 6.29. The van der Waals surface area contributed by atoms with E-state index in [1.165, 1.54) is 19.5 Å². The van der Waals surface area contributed by atoms with Crippen molar-refractivity contribution in [3.8, 4) is 11.3 Å². The van der Waals surface area contributed by atoms with Crippen LogP contribution in [0.15, 0.2) is 37.1 Å². The first-order valence-corrected chi connectivity index (χ1v) is 8.83. The van der Waals surface area contributed by atoms with Crippen LogP contribution in [0.2, 0.25) is 0 Å². The molecule has 0 fully saturated rings. The minimum atomic E-state index is -0.508. The number of aromatic nitrogens is 5. The molecule has 4 aromatic rings. The molecule has 0 aliphatic heterocycles. The van der Waals surface area contributed by atoms with Gasteiger partial charge in [-0.2, -0.15) is 0 Å². The van der Waals surface area contributed by atoms with Crippen LogP contribution in [0.4, 0.5) is 4.39 Å². The number of ether oxygens (including phenoxy) is 1. The summed E-state index contributed by atoms with van der Waals surface area (Å²) >= 11 is 0. The molecular weight excluding hydrogens is 379 g/mol. The van der Waals surface area contributed by atoms with Crippen LogP contribution in [-0.4, -0.2) is 50.0 Å². The SMILES string of the molecule is COC(=O)CNC(=O)CCn1ccc2c(-c3c[nH]c4ncc(F)cc34)ncnc21. The molecule has 4 rings (SSSR count). The second-order valence-electron chi connectivity index (χ2n) is 6.32. The Balaban J connectivity index is 1.59. The normalized spacial score (nSPS) is 11.1. The van der Waals surface area contributed by atoms with Crippen LogP contribution >= 0.6 is 0 Å². The number of amides is 1. The number of hydrogen-bond acceptors (Lipinski definition) is 6. The fraction of sp³-hybridized carbons (Fsp3) is 0.211. The minimum absolute atomic E-state index is 0.167. The molecule has 10 heteroatoms. The predicted molar refractivity (Wildman–Crippen MR) is 102 cm³/mol. The molecule has 0 aliphatic carbocycles. The van der Waals surface area contributed by atoms with Crippen molar-refractivity contribution in [2.45, 2.75) is 13.0 Å². The predicted octanol–water partition coefficient (Wildman–Crippen LogP) is 1.79. The van der Waals surface area contributed by atoms with E-state index in [2.05, 4.69) is 30.0 Å². The topological polar surface area (TPSA) is 115 Å². The van der Waals surface area contributed by atoms with Crippen molar-refractivity contribution in [3.05, 3.63) is 42.9 Å². The minimum Gasteiger partial charge on any atom is -0.468 e. The average molecular weight is 396 g/mol. The number of fused-ring (bicyclic) bond motifs is 2. The second kappa shape index (κ2) is 7.66. The van der Waals surface area contributed by atoms with Crippen molar-refractivity contribution in [3.63, 3.8) is 0 Å². The van der Waals surface area contributed by atoms with Crippen molar-refractivity contribution in [2.75, 3.05) is 13.7 Å². The van der Waals surface area contributed by atoms with Crippen LogP contribution in [0.25, 0.3) is 33.3 Å². The van der Waals surface area contributed by atoms with E-state index >= 15 is 0 Å². The number of methoxy groups -OCH3 is 1. The molecule has 0 spiro atoms. The van der Waals surface area contributed by atoms with Crippen molar-refractivity contribution < 1.29 is 18.7 Å². The third-order valence-corrected chi connectivity index (χ3v) is 4.55. The van der Waals surface area contributed by atoms with E-state index in [0.717, 1.165) is 11.6 Å². The number of nitrogens with one attached hydrogen (secondary N) is 2. The highest BCUT2D eigenvalue weighted by atomic mass is 19.1. The van der Waals surface area contributed by atoms with E-state index in [-0.39, 0.29) is 18.9 Å². The lowest BCUT2D eigenvalue weighted by Crippen LogP contribution is -2.30. The maximum absolute atomic E-state index is 13.7. The van der Waals surface area contributed by atoms with Gasteiger partial charge in [-0.1, -0.05) is 0 Å². The number of pyridine rings is 1. The number of aryl methyl sites for hydroxylation is 1. The fourth-order valence-electron chi connectivity index (χ4n) is 3.13. The second-order valence-corrected chi connectivity index (χ2v) is 6.32. The lowest BCUT2D eigenvalue weighted by molar-refractivity contribution is -0.141. The molecule has 0 bridgehead atoms. The third kappa shape index (κ3) is 3.64. The maximum Gasteiger partial charge on any atom is 0.325 e. The first-order chi connectivity index (χ1) is 14.1. The zero-order chi connectivity index (χ0) is 20.4. The fourth-order valence-corrected chi connectivity index (χ4v) is 3.13. The van der Waals surface area contributed by atoms with Gasteiger partial charge in [0.05, 0.1) is 19.0 Å². The lowest BCUT2D eigenvalue weighted by atomic mass is 10.1. The summed E-state index contributed by atoms with van der Waals surface area (Å²) in [6, 6.07) is 3.26. The van der Waals surface area contributed by atoms with E-state index in [4.69, 9.17) is 0 Å². The number of H-pyrrole nitrogens is 1. The van der Waals surface area contributed by atoms with Gasteiger partial charge in [-0.25, -0.2) is 19.3 Å². The quantitative estimate of drug-likeness (QED) is 0.480. The van der Waals surface area contributed by atoms with Crippen LogP contribution in [0.3, 0.4) is 0 Å². The summed E-state index contributed by atoms with van der Waals surface area (Å²) < 4.78 is 20.0. The Morgan fingerprint density at radius 2 is 2.14 bits per heavy atom. The molecule has 0 saturated heterocycles. The zero-order valence-corrected chi connectivity index (χ0v) is 15.5. The van der Waals surface area contributed by atoms with Crippen LogP contribution in [0.1, 0.15) is 6.42 Å². The Bertz CT molecular complexity index is 1220. The van der Waals surface area contributed by atoms with Gasteiger partial charge < -0.3 is 19.6 Å². The smallest absolute Gasteiger partial charge is 0.325 e. The van der Waals surface area contributed by atoms with Crippen molar-refractivity contribution >= 4 is 33.9 Å². The highest BCUT2D eigenvalue weighted by Crippen LogP contribution is 2.31. The van der Waals surface area contributed by atoms with Gasteiger partial charge in [-0.15, -0.1) is 0 Å². The number of carbonyl (C=O) groups is 2. The summed E-state index contributed by atoms with van der Waals surface area (Å²) in [6.45, 7) is 0.205. The van der Waals surface area contributed by atoms with E-state index in [0.29, 0.717) is 34.5 Å². The molecule has 0 unspecified atom stereocenters. The summed E-state index contributed by atoms with van der Waals surface area (Å²) in [5.74, 6) is -1.21. The Labute approximate surface area is 163 Å². The molecule has 0 radical (unpaired) electrons. The highest BCUT2D eigenvalue weighted by molar-refractivity contribution is 6.01. The van der Waals surface area contributed by atoms with Crippen molar-refractivity contribution in [1.82, 2.24) is 29.8 Å². The molecule has 4 heterocycles. The van der Waals surface area contributed by atoms with Gasteiger partial charge in [0.15, 0.2) is 0 Å². The third-order valence-electron chi connectivity index (χ3n) is 4.55. The van der Waals surface area contributed by atoms with Gasteiger partial charge >= 0.3 is 5.97 Å². The van der Waals surface area contributed by atoms with Crippen molar-refractivity contribution in [1.29, 1.82) is 0 Å². The number of carbonyl (C=O) groups excluding carboxylic acids is 2. The summed E-state index contributed by atoms with van der Waals surface area (Å²) in [7, 11) is 1.26. The standard InChI is InChI=1S/C19H17FN6O3/c1-29-16(28)9-21-15(27)3-5-26-4-2-12-17(24-10-25-19(12)26)14-8-23-18-13(14)6-11(20)7-22-18/h2,4,6-8,10H,3,5,9H2,1H3,(H,21,27)(H,22,23). The molecule has 148 valence electrons. The summed E-state index contributed by atoms with van der Waals surface area (Å²) in [5.41, 5.74) is 2.57. The molecule has 2 N–H and O–H groups in total. The molecule has 29 heavy (non-hydrogen) atoms. The number of hydrogen-bond donors (Lipinski definition) is 2. The summed E-state index contributed by atoms with van der Waals surface area (Å²) in [4.78, 5) is 38.8. The molecule has 0 atom stereocenters. The zero-order valence-electron chi connectivity index (χ0n) is 15.5. The molecule has 4 aromatic heterocycles. The van der Waals surface area contributed by atoms with E-state index in [9.17, 15) is 14.0 Å². The van der Waals surface area contributed by atoms with Crippen molar-refractivity contribution in [2.24, 2.45) is 0 Å².